The molecule has 2 N–H and O–H groups in total. The Labute approximate surface area is 112 Å². The summed E-state index contributed by atoms with van der Waals surface area (Å²) in [7, 11) is 0. The van der Waals surface area contributed by atoms with Crippen molar-refractivity contribution in [1.82, 2.24) is 4.90 Å². The molecule has 1 heterocycles. The smallest absolute Gasteiger partial charge is 0.236 e. The van der Waals surface area contributed by atoms with E-state index in [4.69, 9.17) is 17.3 Å². The Bertz CT molecular complexity index is 381. The minimum atomic E-state index is 0. The van der Waals surface area contributed by atoms with Crippen molar-refractivity contribution in [1.29, 1.82) is 0 Å². The average Bonchev–Trinajstić information content (AvgIpc) is 2.78. The number of carbonyl (C=O) groups is 1. The fourth-order valence-corrected chi connectivity index (χ4v) is 2.25. The van der Waals surface area contributed by atoms with Gasteiger partial charge in [-0.1, -0.05) is 23.7 Å². The molecule has 94 valence electrons. The van der Waals surface area contributed by atoms with Crippen LogP contribution in [0.3, 0.4) is 0 Å². The molecule has 0 aromatic heterocycles. The Kier molecular flexibility index (Phi) is 5.25. The van der Waals surface area contributed by atoms with Gasteiger partial charge in [-0.2, -0.15) is 0 Å². The molecular weight excluding hydrogens is 259 g/mol. The second-order valence-corrected chi connectivity index (χ2v) is 4.52. The van der Waals surface area contributed by atoms with Gasteiger partial charge in [0.15, 0.2) is 0 Å². The van der Waals surface area contributed by atoms with Gasteiger partial charge in [-0.05, 0) is 24.1 Å². The highest BCUT2D eigenvalue weighted by Crippen LogP contribution is 2.27. The summed E-state index contributed by atoms with van der Waals surface area (Å²) < 4.78 is 0. The van der Waals surface area contributed by atoms with Gasteiger partial charge in [0.1, 0.15) is 0 Å². The number of halogens is 2. The van der Waals surface area contributed by atoms with Crippen molar-refractivity contribution < 1.29 is 4.79 Å². The standard InChI is InChI=1S/C12H15ClN2O.ClH/c13-11-3-1-9(2-4-11)10-5-6-15(8-10)12(16)7-14;/h1-4,10H,5-8,14H2;1H. The Morgan fingerprint density at radius 3 is 2.65 bits per heavy atom. The zero-order chi connectivity index (χ0) is 11.5. The van der Waals surface area contributed by atoms with Crippen LogP contribution in [0.4, 0.5) is 0 Å². The maximum Gasteiger partial charge on any atom is 0.236 e. The van der Waals surface area contributed by atoms with Crippen LogP contribution in [0.15, 0.2) is 24.3 Å². The summed E-state index contributed by atoms with van der Waals surface area (Å²) >= 11 is 5.84. The van der Waals surface area contributed by atoms with Gasteiger partial charge in [0, 0.05) is 24.0 Å². The van der Waals surface area contributed by atoms with Crippen molar-refractivity contribution in [2.75, 3.05) is 19.6 Å². The van der Waals surface area contributed by atoms with E-state index in [1.807, 2.05) is 29.2 Å². The van der Waals surface area contributed by atoms with Gasteiger partial charge in [0.2, 0.25) is 5.91 Å². The lowest BCUT2D eigenvalue weighted by molar-refractivity contribution is -0.128. The molecule has 0 radical (unpaired) electrons. The predicted molar refractivity (Wildman–Crippen MR) is 71.7 cm³/mol. The predicted octanol–water partition coefficient (Wildman–Crippen LogP) is 2.04. The molecule has 3 nitrogen and oxygen atoms in total. The van der Waals surface area contributed by atoms with Crippen LogP contribution < -0.4 is 5.73 Å². The van der Waals surface area contributed by atoms with Crippen molar-refractivity contribution in [3.8, 4) is 0 Å². The topological polar surface area (TPSA) is 46.3 Å². The van der Waals surface area contributed by atoms with Crippen LogP contribution in [-0.4, -0.2) is 30.4 Å². The lowest BCUT2D eigenvalue weighted by Crippen LogP contribution is -2.33. The molecular formula is C12H16Cl2N2O. The molecule has 1 fully saturated rings. The quantitative estimate of drug-likeness (QED) is 0.897. The number of hydrogen-bond donors (Lipinski definition) is 1. The summed E-state index contributed by atoms with van der Waals surface area (Å²) in [6.07, 6.45) is 1.01. The Morgan fingerprint density at radius 1 is 1.41 bits per heavy atom. The van der Waals surface area contributed by atoms with Gasteiger partial charge in [-0.15, -0.1) is 12.4 Å². The van der Waals surface area contributed by atoms with Gasteiger partial charge < -0.3 is 10.6 Å². The zero-order valence-corrected chi connectivity index (χ0v) is 11.0. The maximum absolute atomic E-state index is 11.4. The molecule has 0 bridgehead atoms. The Hall–Kier alpha value is -0.770. The van der Waals surface area contributed by atoms with E-state index < -0.39 is 0 Å². The third kappa shape index (κ3) is 3.35. The molecule has 0 spiro atoms. The lowest BCUT2D eigenvalue weighted by Gasteiger charge is -2.15. The van der Waals surface area contributed by atoms with E-state index >= 15 is 0 Å². The van der Waals surface area contributed by atoms with Crippen LogP contribution in [0.25, 0.3) is 0 Å². The summed E-state index contributed by atoms with van der Waals surface area (Å²) in [6, 6.07) is 7.85. The lowest BCUT2D eigenvalue weighted by atomic mass is 9.99. The van der Waals surface area contributed by atoms with Crippen LogP contribution in [0.5, 0.6) is 0 Å². The second kappa shape index (κ2) is 6.24. The fourth-order valence-electron chi connectivity index (χ4n) is 2.12. The summed E-state index contributed by atoms with van der Waals surface area (Å²) in [4.78, 5) is 13.3. The molecule has 1 aromatic carbocycles. The van der Waals surface area contributed by atoms with E-state index in [-0.39, 0.29) is 24.9 Å². The van der Waals surface area contributed by atoms with Gasteiger partial charge in [0.05, 0.1) is 6.54 Å². The third-order valence-electron chi connectivity index (χ3n) is 3.06. The Morgan fingerprint density at radius 2 is 2.06 bits per heavy atom. The van der Waals surface area contributed by atoms with E-state index in [2.05, 4.69) is 0 Å². The first kappa shape index (κ1) is 14.3. The molecule has 0 saturated carbocycles. The average molecular weight is 275 g/mol. The van der Waals surface area contributed by atoms with Gasteiger partial charge in [-0.3, -0.25) is 4.79 Å². The normalized spacial score (nSPS) is 18.9. The molecule has 0 aliphatic carbocycles. The molecule has 1 aliphatic rings. The van der Waals surface area contributed by atoms with Crippen molar-refractivity contribution in [2.45, 2.75) is 12.3 Å². The summed E-state index contributed by atoms with van der Waals surface area (Å²) in [5.74, 6) is 0.462. The summed E-state index contributed by atoms with van der Waals surface area (Å²) in [6.45, 7) is 1.69. The van der Waals surface area contributed by atoms with Crippen molar-refractivity contribution >= 4 is 29.9 Å². The van der Waals surface area contributed by atoms with Gasteiger partial charge in [-0.25, -0.2) is 0 Å². The molecule has 1 saturated heterocycles. The van der Waals surface area contributed by atoms with E-state index in [1.165, 1.54) is 5.56 Å². The molecule has 17 heavy (non-hydrogen) atoms. The first-order valence-electron chi connectivity index (χ1n) is 5.44. The molecule has 1 aromatic rings. The molecule has 5 heteroatoms. The number of likely N-dealkylation sites (tertiary alicyclic amines) is 1. The summed E-state index contributed by atoms with van der Waals surface area (Å²) in [5, 5.41) is 0.747. The van der Waals surface area contributed by atoms with E-state index in [0.717, 1.165) is 24.5 Å². The Balaban J connectivity index is 0.00000144. The zero-order valence-electron chi connectivity index (χ0n) is 9.43. The van der Waals surface area contributed by atoms with Gasteiger partial charge in [0.25, 0.3) is 0 Å². The number of hydrogen-bond acceptors (Lipinski definition) is 2. The SMILES string of the molecule is Cl.NCC(=O)N1CCC(c2ccc(Cl)cc2)C1. The second-order valence-electron chi connectivity index (χ2n) is 4.08. The van der Waals surface area contributed by atoms with Crippen LogP contribution in [0, 0.1) is 0 Å². The van der Waals surface area contributed by atoms with Crippen LogP contribution in [-0.2, 0) is 4.79 Å². The largest absolute Gasteiger partial charge is 0.341 e. The highest BCUT2D eigenvalue weighted by Gasteiger charge is 2.26. The minimum absolute atomic E-state index is 0. The van der Waals surface area contributed by atoms with Crippen molar-refractivity contribution in [3.05, 3.63) is 34.9 Å². The van der Waals surface area contributed by atoms with Crippen LogP contribution in [0.2, 0.25) is 5.02 Å². The fraction of sp³-hybridized carbons (Fsp3) is 0.417. The molecule has 1 atom stereocenters. The van der Waals surface area contributed by atoms with Crippen molar-refractivity contribution in [3.63, 3.8) is 0 Å². The van der Waals surface area contributed by atoms with E-state index in [9.17, 15) is 4.79 Å². The van der Waals surface area contributed by atoms with Crippen LogP contribution in [0.1, 0.15) is 17.9 Å². The van der Waals surface area contributed by atoms with Crippen LogP contribution >= 0.6 is 24.0 Å². The van der Waals surface area contributed by atoms with Crippen molar-refractivity contribution in [2.24, 2.45) is 5.73 Å². The van der Waals surface area contributed by atoms with Gasteiger partial charge >= 0.3 is 0 Å². The number of benzene rings is 1. The highest BCUT2D eigenvalue weighted by atomic mass is 35.5. The highest BCUT2D eigenvalue weighted by molar-refractivity contribution is 6.30. The molecule has 1 amide bonds. The number of amides is 1. The molecule has 1 aliphatic heterocycles. The molecule has 2 rings (SSSR count). The van der Waals surface area contributed by atoms with E-state index in [0.29, 0.717) is 5.92 Å². The third-order valence-corrected chi connectivity index (χ3v) is 3.31. The number of rotatable bonds is 2. The first-order valence-corrected chi connectivity index (χ1v) is 5.82. The first-order chi connectivity index (χ1) is 7.70. The maximum atomic E-state index is 11.4. The summed E-state index contributed by atoms with van der Waals surface area (Å²) in [5.41, 5.74) is 6.59. The van der Waals surface area contributed by atoms with E-state index in [1.54, 1.807) is 0 Å². The molecule has 1 unspecified atom stereocenters. The number of carbonyl (C=O) groups excluding carboxylic acids is 1. The number of nitrogens with two attached hydrogens (primary N) is 1. The monoisotopic (exact) mass is 274 g/mol. The number of nitrogens with zero attached hydrogens (tertiary/aromatic N) is 1. The minimum Gasteiger partial charge on any atom is -0.341 e.